The molecular weight excluding hydrogens is 194 g/mol. The van der Waals surface area contributed by atoms with Crippen LogP contribution in [-0.4, -0.2) is 29.4 Å². The number of likely N-dealkylation sites (N-methyl/N-ethyl adjacent to an activating group) is 1. The van der Waals surface area contributed by atoms with Gasteiger partial charge in [0.05, 0.1) is 12.8 Å². The zero-order chi connectivity index (χ0) is 11.3. The van der Waals surface area contributed by atoms with Gasteiger partial charge in [0, 0.05) is 18.3 Å². The summed E-state index contributed by atoms with van der Waals surface area (Å²) in [7, 11) is 1.73. The molecule has 0 fully saturated rings. The first-order valence-electron chi connectivity index (χ1n) is 5.09. The van der Waals surface area contributed by atoms with Crippen LogP contribution in [0.5, 0.6) is 0 Å². The summed E-state index contributed by atoms with van der Waals surface area (Å²) in [5, 5.41) is 7.03. The highest BCUT2D eigenvalue weighted by Crippen LogP contribution is 2.13. The van der Waals surface area contributed by atoms with Crippen LogP contribution < -0.4 is 5.32 Å². The third kappa shape index (κ3) is 2.79. The third-order valence-electron chi connectivity index (χ3n) is 2.12. The van der Waals surface area contributed by atoms with Crippen LogP contribution in [0.15, 0.2) is 12.4 Å². The molecule has 0 aliphatic rings. The average molecular weight is 211 g/mol. The molecule has 0 aromatic carbocycles. The second-order valence-electron chi connectivity index (χ2n) is 3.10. The molecule has 5 nitrogen and oxygen atoms in total. The highest BCUT2D eigenvalue weighted by Gasteiger charge is 2.21. The zero-order valence-corrected chi connectivity index (χ0v) is 9.36. The van der Waals surface area contributed by atoms with Crippen LogP contribution in [-0.2, 0) is 16.1 Å². The first kappa shape index (κ1) is 11.7. The summed E-state index contributed by atoms with van der Waals surface area (Å²) >= 11 is 0. The maximum absolute atomic E-state index is 11.6. The largest absolute Gasteiger partial charge is 0.465 e. The Balaban J connectivity index is 2.77. The van der Waals surface area contributed by atoms with Crippen molar-refractivity contribution in [3.05, 3.63) is 18.0 Å². The maximum Gasteiger partial charge on any atom is 0.327 e. The van der Waals surface area contributed by atoms with E-state index in [2.05, 4.69) is 10.4 Å². The predicted octanol–water partition coefficient (Wildman–Crippen LogP) is 0.727. The Bertz CT molecular complexity index is 322. The summed E-state index contributed by atoms with van der Waals surface area (Å²) in [4.78, 5) is 11.6. The minimum Gasteiger partial charge on any atom is -0.465 e. The molecule has 1 aromatic rings. The lowest BCUT2D eigenvalue weighted by Gasteiger charge is -2.12. The molecule has 5 heteroatoms. The van der Waals surface area contributed by atoms with Crippen LogP contribution in [0.1, 0.15) is 25.5 Å². The van der Waals surface area contributed by atoms with Gasteiger partial charge in [0.1, 0.15) is 6.04 Å². The molecule has 0 bridgehead atoms. The number of rotatable bonds is 5. The summed E-state index contributed by atoms with van der Waals surface area (Å²) in [6.07, 6.45) is 3.53. The summed E-state index contributed by atoms with van der Waals surface area (Å²) in [5.74, 6) is -0.268. The molecule has 0 saturated carbocycles. The first-order chi connectivity index (χ1) is 7.22. The minimum atomic E-state index is -0.426. The number of carbonyl (C=O) groups is 1. The van der Waals surface area contributed by atoms with Crippen LogP contribution in [0.2, 0.25) is 0 Å². The molecule has 0 spiro atoms. The molecule has 1 heterocycles. The van der Waals surface area contributed by atoms with E-state index in [0.29, 0.717) is 6.61 Å². The van der Waals surface area contributed by atoms with Gasteiger partial charge >= 0.3 is 5.97 Å². The normalized spacial score (nSPS) is 12.5. The van der Waals surface area contributed by atoms with Gasteiger partial charge in [0.25, 0.3) is 0 Å². The van der Waals surface area contributed by atoms with Crippen molar-refractivity contribution in [2.75, 3.05) is 13.7 Å². The lowest BCUT2D eigenvalue weighted by Crippen LogP contribution is -2.27. The van der Waals surface area contributed by atoms with E-state index in [1.165, 1.54) is 0 Å². The Morgan fingerprint density at radius 3 is 2.87 bits per heavy atom. The van der Waals surface area contributed by atoms with Gasteiger partial charge in [-0.05, 0) is 20.9 Å². The number of esters is 1. The van der Waals surface area contributed by atoms with Gasteiger partial charge in [-0.15, -0.1) is 0 Å². The monoisotopic (exact) mass is 211 g/mol. The van der Waals surface area contributed by atoms with Crippen molar-refractivity contribution >= 4 is 5.97 Å². The fourth-order valence-electron chi connectivity index (χ4n) is 1.35. The van der Waals surface area contributed by atoms with E-state index in [1.807, 2.05) is 13.1 Å². The number of hydrogen-bond acceptors (Lipinski definition) is 4. The number of hydrogen-bond donors (Lipinski definition) is 1. The van der Waals surface area contributed by atoms with Gasteiger partial charge in [-0.25, -0.2) is 4.79 Å². The summed E-state index contributed by atoms with van der Waals surface area (Å²) in [6, 6.07) is -0.426. The Hall–Kier alpha value is -1.36. The molecule has 0 aliphatic carbocycles. The predicted molar refractivity (Wildman–Crippen MR) is 56.3 cm³/mol. The van der Waals surface area contributed by atoms with E-state index < -0.39 is 6.04 Å². The Morgan fingerprint density at radius 2 is 2.40 bits per heavy atom. The highest BCUT2D eigenvalue weighted by molar-refractivity contribution is 5.77. The molecule has 84 valence electrons. The van der Waals surface area contributed by atoms with E-state index >= 15 is 0 Å². The van der Waals surface area contributed by atoms with Crippen LogP contribution in [0.25, 0.3) is 0 Å². The maximum atomic E-state index is 11.6. The SMILES string of the molecule is CCOC(=O)C(NC)c1cnn(CC)c1. The second-order valence-corrected chi connectivity index (χ2v) is 3.10. The van der Waals surface area contributed by atoms with E-state index in [4.69, 9.17) is 4.74 Å². The number of nitrogens with one attached hydrogen (secondary N) is 1. The topological polar surface area (TPSA) is 56.1 Å². The van der Waals surface area contributed by atoms with E-state index in [9.17, 15) is 4.79 Å². The first-order valence-corrected chi connectivity index (χ1v) is 5.09. The van der Waals surface area contributed by atoms with Gasteiger partial charge in [-0.1, -0.05) is 0 Å². The highest BCUT2D eigenvalue weighted by atomic mass is 16.5. The summed E-state index contributed by atoms with van der Waals surface area (Å²) in [5.41, 5.74) is 0.831. The molecule has 0 saturated heterocycles. The van der Waals surface area contributed by atoms with E-state index in [1.54, 1.807) is 24.9 Å². The van der Waals surface area contributed by atoms with Crippen molar-refractivity contribution in [1.29, 1.82) is 0 Å². The molecule has 1 atom stereocenters. The second kappa shape index (κ2) is 5.50. The molecule has 0 aliphatic heterocycles. The number of carbonyl (C=O) groups excluding carboxylic acids is 1. The van der Waals surface area contributed by atoms with Crippen molar-refractivity contribution in [1.82, 2.24) is 15.1 Å². The molecule has 0 amide bonds. The van der Waals surface area contributed by atoms with Crippen LogP contribution in [0.4, 0.5) is 0 Å². The lowest BCUT2D eigenvalue weighted by molar-refractivity contribution is -0.145. The van der Waals surface area contributed by atoms with Crippen molar-refractivity contribution in [3.63, 3.8) is 0 Å². The average Bonchev–Trinajstić information content (AvgIpc) is 2.68. The number of aromatic nitrogens is 2. The van der Waals surface area contributed by atoms with Crippen molar-refractivity contribution in [2.45, 2.75) is 26.4 Å². The molecule has 1 aromatic heterocycles. The van der Waals surface area contributed by atoms with Gasteiger partial charge < -0.3 is 10.1 Å². The zero-order valence-electron chi connectivity index (χ0n) is 9.36. The Morgan fingerprint density at radius 1 is 1.67 bits per heavy atom. The molecule has 0 radical (unpaired) electrons. The Kier molecular flexibility index (Phi) is 4.30. The molecule has 1 unspecified atom stereocenters. The molecule has 15 heavy (non-hydrogen) atoms. The van der Waals surface area contributed by atoms with Crippen molar-refractivity contribution in [2.24, 2.45) is 0 Å². The standard InChI is InChI=1S/C10H17N3O2/c1-4-13-7-8(6-12-13)9(11-3)10(14)15-5-2/h6-7,9,11H,4-5H2,1-3H3. The van der Waals surface area contributed by atoms with Crippen molar-refractivity contribution in [3.8, 4) is 0 Å². The molecule has 1 rings (SSSR count). The van der Waals surface area contributed by atoms with Crippen LogP contribution >= 0.6 is 0 Å². The van der Waals surface area contributed by atoms with Gasteiger partial charge in [-0.3, -0.25) is 4.68 Å². The minimum absolute atomic E-state index is 0.268. The van der Waals surface area contributed by atoms with Crippen LogP contribution in [0, 0.1) is 0 Å². The van der Waals surface area contributed by atoms with Gasteiger partial charge in [0.2, 0.25) is 0 Å². The fraction of sp³-hybridized carbons (Fsp3) is 0.600. The number of ether oxygens (including phenoxy) is 1. The van der Waals surface area contributed by atoms with Gasteiger partial charge in [0.15, 0.2) is 0 Å². The smallest absolute Gasteiger partial charge is 0.327 e. The van der Waals surface area contributed by atoms with E-state index in [0.717, 1.165) is 12.1 Å². The fourth-order valence-corrected chi connectivity index (χ4v) is 1.35. The number of nitrogens with zero attached hydrogens (tertiary/aromatic N) is 2. The summed E-state index contributed by atoms with van der Waals surface area (Å²) in [6.45, 7) is 4.97. The van der Waals surface area contributed by atoms with Crippen LogP contribution in [0.3, 0.4) is 0 Å². The molecule has 1 N–H and O–H groups in total. The van der Waals surface area contributed by atoms with E-state index in [-0.39, 0.29) is 5.97 Å². The Labute approximate surface area is 89.4 Å². The lowest BCUT2D eigenvalue weighted by atomic mass is 10.2. The third-order valence-corrected chi connectivity index (χ3v) is 2.12. The quantitative estimate of drug-likeness (QED) is 0.729. The summed E-state index contributed by atoms with van der Waals surface area (Å²) < 4.78 is 6.73. The number of aryl methyl sites for hydroxylation is 1. The molecular formula is C10H17N3O2. The van der Waals surface area contributed by atoms with Gasteiger partial charge in [-0.2, -0.15) is 5.10 Å². The van der Waals surface area contributed by atoms with Crippen molar-refractivity contribution < 1.29 is 9.53 Å².